The molecule has 0 spiro atoms. The van der Waals surface area contributed by atoms with Crippen molar-refractivity contribution in [3.8, 4) is 0 Å². The van der Waals surface area contributed by atoms with Gasteiger partial charge in [-0.1, -0.05) is 0 Å². The third kappa shape index (κ3) is 1.55. The molecule has 1 saturated carbocycles. The van der Waals surface area contributed by atoms with Crippen molar-refractivity contribution < 1.29 is 8.78 Å². The summed E-state index contributed by atoms with van der Waals surface area (Å²) in [6, 6.07) is 2.43. The third-order valence-corrected chi connectivity index (χ3v) is 3.19. The summed E-state index contributed by atoms with van der Waals surface area (Å²) in [5.41, 5.74) is 0.827. The third-order valence-electron chi connectivity index (χ3n) is 3.19. The molecule has 2 aromatic rings. The molecule has 1 aliphatic carbocycles. The molecular formula is C13H11F2NO. The van der Waals surface area contributed by atoms with Gasteiger partial charge in [0.1, 0.15) is 0 Å². The van der Waals surface area contributed by atoms with Gasteiger partial charge < -0.3 is 4.57 Å². The maximum Gasteiger partial charge on any atom is 0.192 e. The zero-order chi connectivity index (χ0) is 12.2. The summed E-state index contributed by atoms with van der Waals surface area (Å²) in [5.74, 6) is -1.88. The summed E-state index contributed by atoms with van der Waals surface area (Å²) in [4.78, 5) is 11.9. The first kappa shape index (κ1) is 10.4. The molecule has 1 fully saturated rings. The molecule has 1 aromatic heterocycles. The average molecular weight is 235 g/mol. The van der Waals surface area contributed by atoms with Crippen molar-refractivity contribution in [2.45, 2.75) is 25.8 Å². The van der Waals surface area contributed by atoms with E-state index in [1.165, 1.54) is 0 Å². The van der Waals surface area contributed by atoms with Crippen LogP contribution < -0.4 is 5.43 Å². The van der Waals surface area contributed by atoms with E-state index in [0.717, 1.165) is 25.0 Å². The van der Waals surface area contributed by atoms with E-state index in [-0.39, 0.29) is 10.8 Å². The first-order valence-electron chi connectivity index (χ1n) is 5.58. The maximum absolute atomic E-state index is 13.3. The van der Waals surface area contributed by atoms with Crippen LogP contribution in [-0.4, -0.2) is 4.57 Å². The second-order valence-electron chi connectivity index (χ2n) is 4.56. The van der Waals surface area contributed by atoms with E-state index in [4.69, 9.17) is 0 Å². The largest absolute Gasteiger partial charge is 0.344 e. The van der Waals surface area contributed by atoms with Crippen LogP contribution in [0.2, 0.25) is 0 Å². The van der Waals surface area contributed by atoms with Crippen molar-refractivity contribution >= 4 is 10.9 Å². The van der Waals surface area contributed by atoms with Gasteiger partial charge in [0.15, 0.2) is 17.1 Å². The van der Waals surface area contributed by atoms with Crippen LogP contribution in [0.25, 0.3) is 10.9 Å². The van der Waals surface area contributed by atoms with Crippen molar-refractivity contribution in [3.05, 3.63) is 45.8 Å². The number of pyridine rings is 1. The molecule has 0 radical (unpaired) electrons. The van der Waals surface area contributed by atoms with Crippen molar-refractivity contribution in [1.29, 1.82) is 0 Å². The van der Waals surface area contributed by atoms with Gasteiger partial charge >= 0.3 is 0 Å². The lowest BCUT2D eigenvalue weighted by atomic mass is 10.1. The van der Waals surface area contributed by atoms with Gasteiger partial charge in [-0.05, 0) is 25.8 Å². The van der Waals surface area contributed by atoms with Crippen LogP contribution in [0.5, 0.6) is 0 Å². The first-order chi connectivity index (χ1) is 8.08. The van der Waals surface area contributed by atoms with Crippen LogP contribution in [0.4, 0.5) is 8.78 Å². The van der Waals surface area contributed by atoms with E-state index in [2.05, 4.69) is 0 Å². The molecule has 3 rings (SSSR count). The van der Waals surface area contributed by atoms with E-state index in [1.54, 1.807) is 13.1 Å². The Balaban J connectivity index is 2.45. The lowest BCUT2D eigenvalue weighted by Gasteiger charge is -2.11. The van der Waals surface area contributed by atoms with Gasteiger partial charge in [0.05, 0.1) is 5.52 Å². The number of hydrogen-bond acceptors (Lipinski definition) is 1. The summed E-state index contributed by atoms with van der Waals surface area (Å²) >= 11 is 0. The molecule has 0 saturated heterocycles. The second kappa shape index (κ2) is 3.39. The molecule has 17 heavy (non-hydrogen) atoms. The van der Waals surface area contributed by atoms with Crippen molar-refractivity contribution in [2.75, 3.05) is 0 Å². The number of fused-ring (bicyclic) bond motifs is 1. The molecular weight excluding hydrogens is 224 g/mol. The summed E-state index contributed by atoms with van der Waals surface area (Å²) in [5, 5.41) is 0.260. The highest BCUT2D eigenvalue weighted by molar-refractivity contribution is 5.80. The van der Waals surface area contributed by atoms with E-state index in [0.29, 0.717) is 17.1 Å². The van der Waals surface area contributed by atoms with E-state index >= 15 is 0 Å². The van der Waals surface area contributed by atoms with Crippen LogP contribution >= 0.6 is 0 Å². The fourth-order valence-corrected chi connectivity index (χ4v) is 2.14. The molecule has 4 heteroatoms. The lowest BCUT2D eigenvalue weighted by molar-refractivity contribution is 0.510. The Bertz CT molecular complexity index is 671. The molecule has 1 heterocycles. The van der Waals surface area contributed by atoms with Crippen LogP contribution in [0.1, 0.15) is 24.4 Å². The van der Waals surface area contributed by atoms with Crippen LogP contribution in [0, 0.1) is 18.6 Å². The van der Waals surface area contributed by atoms with E-state index < -0.39 is 11.6 Å². The molecule has 0 amide bonds. The van der Waals surface area contributed by atoms with Crippen molar-refractivity contribution in [3.63, 3.8) is 0 Å². The second-order valence-corrected chi connectivity index (χ2v) is 4.56. The van der Waals surface area contributed by atoms with Gasteiger partial charge in [-0.3, -0.25) is 4.79 Å². The fourth-order valence-electron chi connectivity index (χ4n) is 2.14. The van der Waals surface area contributed by atoms with Crippen LogP contribution in [0.3, 0.4) is 0 Å². The monoisotopic (exact) mass is 235 g/mol. The summed E-state index contributed by atoms with van der Waals surface area (Å²) in [6.45, 7) is 1.70. The molecule has 2 nitrogen and oxygen atoms in total. The molecule has 0 N–H and O–H groups in total. The zero-order valence-corrected chi connectivity index (χ0v) is 9.34. The van der Waals surface area contributed by atoms with Gasteiger partial charge in [0, 0.05) is 29.3 Å². The quantitative estimate of drug-likeness (QED) is 0.744. The number of nitrogens with zero attached hydrogens (tertiary/aromatic N) is 1. The summed E-state index contributed by atoms with van der Waals surface area (Å²) in [7, 11) is 0. The minimum atomic E-state index is -0.970. The fraction of sp³-hybridized carbons (Fsp3) is 0.308. The first-order valence-corrected chi connectivity index (χ1v) is 5.58. The normalized spacial score (nSPS) is 15.5. The molecule has 0 atom stereocenters. The Labute approximate surface area is 96.5 Å². The Kier molecular flexibility index (Phi) is 2.08. The van der Waals surface area contributed by atoms with Crippen LogP contribution in [0.15, 0.2) is 23.1 Å². The maximum atomic E-state index is 13.3. The Morgan fingerprint density at radius 3 is 2.53 bits per heavy atom. The van der Waals surface area contributed by atoms with Crippen molar-refractivity contribution in [2.24, 2.45) is 0 Å². The molecule has 0 unspecified atom stereocenters. The topological polar surface area (TPSA) is 22.0 Å². The standard InChI is InChI=1S/C13H11F2NO/c1-7-6-16(8-2-3-8)12-5-11(15)10(14)4-9(12)13(7)17/h4-6,8H,2-3H2,1H3. The number of aryl methyl sites for hydroxylation is 1. The van der Waals surface area contributed by atoms with E-state index in [1.807, 2.05) is 4.57 Å². The molecule has 1 aliphatic rings. The predicted molar refractivity (Wildman–Crippen MR) is 61.1 cm³/mol. The van der Waals surface area contributed by atoms with Gasteiger partial charge in [0.2, 0.25) is 0 Å². The van der Waals surface area contributed by atoms with E-state index in [9.17, 15) is 13.6 Å². The summed E-state index contributed by atoms with van der Waals surface area (Å²) in [6.07, 6.45) is 3.78. The number of rotatable bonds is 1. The Hall–Kier alpha value is -1.71. The molecule has 88 valence electrons. The SMILES string of the molecule is Cc1cn(C2CC2)c2cc(F)c(F)cc2c1=O. The minimum Gasteiger partial charge on any atom is -0.344 e. The summed E-state index contributed by atoms with van der Waals surface area (Å²) < 4.78 is 28.3. The predicted octanol–water partition coefficient (Wildman–Crippen LogP) is 2.92. The number of benzene rings is 1. The highest BCUT2D eigenvalue weighted by atomic mass is 19.2. The van der Waals surface area contributed by atoms with Crippen LogP contribution in [-0.2, 0) is 0 Å². The average Bonchev–Trinajstić information content (AvgIpc) is 3.10. The Morgan fingerprint density at radius 2 is 1.88 bits per heavy atom. The molecule has 0 bridgehead atoms. The highest BCUT2D eigenvalue weighted by Gasteiger charge is 2.25. The number of aromatic nitrogens is 1. The zero-order valence-electron chi connectivity index (χ0n) is 9.34. The number of halogens is 2. The van der Waals surface area contributed by atoms with Crippen molar-refractivity contribution in [1.82, 2.24) is 4.57 Å². The minimum absolute atomic E-state index is 0.226. The van der Waals surface area contributed by atoms with Gasteiger partial charge in [-0.15, -0.1) is 0 Å². The molecule has 1 aromatic carbocycles. The molecule has 0 aliphatic heterocycles. The van der Waals surface area contributed by atoms with Gasteiger partial charge in [-0.25, -0.2) is 8.78 Å². The van der Waals surface area contributed by atoms with Gasteiger partial charge in [0.25, 0.3) is 0 Å². The Morgan fingerprint density at radius 1 is 1.24 bits per heavy atom. The lowest BCUT2D eigenvalue weighted by Crippen LogP contribution is -2.12. The van der Waals surface area contributed by atoms with Gasteiger partial charge in [-0.2, -0.15) is 0 Å². The number of hydrogen-bond donors (Lipinski definition) is 0. The highest BCUT2D eigenvalue weighted by Crippen LogP contribution is 2.37. The smallest absolute Gasteiger partial charge is 0.192 e.